The minimum atomic E-state index is 0.279. The number of rotatable bonds is 1. The monoisotopic (exact) mass is 157 g/mol. The smallest absolute Gasteiger partial charge is 0.107 e. The van der Waals surface area contributed by atoms with E-state index >= 15 is 0 Å². The quantitative estimate of drug-likeness (QED) is 0.596. The van der Waals surface area contributed by atoms with Gasteiger partial charge in [0.15, 0.2) is 0 Å². The van der Waals surface area contributed by atoms with Gasteiger partial charge in [-0.2, -0.15) is 0 Å². The maximum Gasteiger partial charge on any atom is 0.107 e. The molecule has 64 valence electrons. The second-order valence-electron chi connectivity index (χ2n) is 3.58. The fourth-order valence-electron chi connectivity index (χ4n) is 1.56. The van der Waals surface area contributed by atoms with Gasteiger partial charge < -0.3 is 9.47 Å². The van der Waals surface area contributed by atoms with E-state index in [0.717, 1.165) is 32.8 Å². The fraction of sp³-hybridized carbons (Fsp3) is 1.00. The highest BCUT2D eigenvalue weighted by Gasteiger charge is 2.42. The van der Waals surface area contributed by atoms with E-state index in [0.29, 0.717) is 5.41 Å². The molecule has 3 nitrogen and oxygen atoms in total. The first-order valence-electron chi connectivity index (χ1n) is 4.27. The number of hydrogen-bond donors (Lipinski definition) is 1. The van der Waals surface area contributed by atoms with E-state index in [-0.39, 0.29) is 6.23 Å². The predicted molar refractivity (Wildman–Crippen MR) is 41.3 cm³/mol. The van der Waals surface area contributed by atoms with E-state index in [1.807, 2.05) is 0 Å². The molecule has 0 amide bonds. The lowest BCUT2D eigenvalue weighted by Crippen LogP contribution is -2.59. The zero-order chi connectivity index (χ0) is 7.73. The highest BCUT2D eigenvalue weighted by atomic mass is 16.5. The normalized spacial score (nSPS) is 35.2. The van der Waals surface area contributed by atoms with Gasteiger partial charge in [0.25, 0.3) is 0 Å². The lowest BCUT2D eigenvalue weighted by Gasteiger charge is -2.46. The zero-order valence-corrected chi connectivity index (χ0v) is 6.93. The van der Waals surface area contributed by atoms with Crippen molar-refractivity contribution in [2.24, 2.45) is 5.41 Å². The van der Waals surface area contributed by atoms with Crippen molar-refractivity contribution < 1.29 is 9.47 Å². The van der Waals surface area contributed by atoms with Crippen molar-refractivity contribution in [1.29, 1.82) is 0 Å². The summed E-state index contributed by atoms with van der Waals surface area (Å²) < 4.78 is 10.8. The summed E-state index contributed by atoms with van der Waals surface area (Å²) in [4.78, 5) is 0. The van der Waals surface area contributed by atoms with E-state index in [2.05, 4.69) is 12.2 Å². The largest absolute Gasteiger partial charge is 0.380 e. The first kappa shape index (κ1) is 7.53. The average Bonchev–Trinajstić information content (AvgIpc) is 2.02. The molecule has 1 unspecified atom stereocenters. The summed E-state index contributed by atoms with van der Waals surface area (Å²) in [5, 5.41) is 3.36. The van der Waals surface area contributed by atoms with E-state index in [1.165, 1.54) is 0 Å². The number of nitrogens with one attached hydrogen (secondary N) is 1. The Labute approximate surface area is 67.1 Å². The summed E-state index contributed by atoms with van der Waals surface area (Å²) in [6.07, 6.45) is 1.33. The van der Waals surface area contributed by atoms with Crippen molar-refractivity contribution in [1.82, 2.24) is 5.32 Å². The molecule has 0 saturated carbocycles. The van der Waals surface area contributed by atoms with E-state index < -0.39 is 0 Å². The van der Waals surface area contributed by atoms with Crippen LogP contribution in [0.1, 0.15) is 13.3 Å². The van der Waals surface area contributed by atoms with Gasteiger partial charge >= 0.3 is 0 Å². The molecule has 0 bridgehead atoms. The summed E-state index contributed by atoms with van der Waals surface area (Å²) in [5.41, 5.74) is 0.325. The molecule has 2 aliphatic rings. The zero-order valence-electron chi connectivity index (χ0n) is 6.93. The van der Waals surface area contributed by atoms with Crippen molar-refractivity contribution in [3.8, 4) is 0 Å². The highest BCUT2D eigenvalue weighted by Crippen LogP contribution is 2.30. The number of hydrogen-bond acceptors (Lipinski definition) is 3. The minimum Gasteiger partial charge on any atom is -0.380 e. The minimum absolute atomic E-state index is 0.279. The molecule has 0 radical (unpaired) electrons. The Kier molecular flexibility index (Phi) is 1.87. The standard InChI is InChI=1S/C8H15NO2/c1-2-7-9-3-8(6-11-7)4-10-5-8/h7,9H,2-6H2,1H3. The van der Waals surface area contributed by atoms with Crippen LogP contribution in [0.15, 0.2) is 0 Å². The van der Waals surface area contributed by atoms with Gasteiger partial charge in [-0.25, -0.2) is 0 Å². The molecular weight excluding hydrogens is 142 g/mol. The summed E-state index contributed by atoms with van der Waals surface area (Å²) in [5.74, 6) is 0. The summed E-state index contributed by atoms with van der Waals surface area (Å²) in [6.45, 7) is 5.81. The van der Waals surface area contributed by atoms with Crippen LogP contribution in [0.2, 0.25) is 0 Å². The van der Waals surface area contributed by atoms with Gasteiger partial charge in [0.05, 0.1) is 25.2 Å². The van der Waals surface area contributed by atoms with Gasteiger partial charge in [-0.15, -0.1) is 0 Å². The molecule has 3 heteroatoms. The van der Waals surface area contributed by atoms with Crippen LogP contribution in [0, 0.1) is 5.41 Å². The molecule has 0 aliphatic carbocycles. The first-order valence-corrected chi connectivity index (χ1v) is 4.27. The predicted octanol–water partition coefficient (Wildman–Crippen LogP) is 0.359. The Bertz CT molecular complexity index is 135. The van der Waals surface area contributed by atoms with Crippen LogP contribution in [0.3, 0.4) is 0 Å². The molecular formula is C8H15NO2. The van der Waals surface area contributed by atoms with Gasteiger partial charge in [-0.05, 0) is 6.42 Å². The second kappa shape index (κ2) is 2.73. The number of ether oxygens (including phenoxy) is 2. The molecule has 2 fully saturated rings. The molecule has 2 saturated heterocycles. The van der Waals surface area contributed by atoms with Gasteiger partial charge in [0, 0.05) is 6.54 Å². The fourth-order valence-corrected chi connectivity index (χ4v) is 1.56. The Morgan fingerprint density at radius 1 is 1.45 bits per heavy atom. The topological polar surface area (TPSA) is 30.5 Å². The highest BCUT2D eigenvalue weighted by molar-refractivity contribution is 4.90. The second-order valence-corrected chi connectivity index (χ2v) is 3.58. The Balaban J connectivity index is 1.84. The maximum atomic E-state index is 5.59. The van der Waals surface area contributed by atoms with Crippen LogP contribution in [-0.4, -0.2) is 32.6 Å². The van der Waals surface area contributed by atoms with Crippen LogP contribution in [0.5, 0.6) is 0 Å². The van der Waals surface area contributed by atoms with Crippen LogP contribution < -0.4 is 5.32 Å². The third kappa shape index (κ3) is 1.28. The van der Waals surface area contributed by atoms with Crippen molar-refractivity contribution in [3.05, 3.63) is 0 Å². The van der Waals surface area contributed by atoms with Crippen molar-refractivity contribution in [2.75, 3.05) is 26.4 Å². The molecule has 1 spiro atoms. The molecule has 0 aromatic rings. The van der Waals surface area contributed by atoms with Crippen molar-refractivity contribution in [3.63, 3.8) is 0 Å². The third-order valence-corrected chi connectivity index (χ3v) is 2.48. The van der Waals surface area contributed by atoms with Gasteiger partial charge in [-0.1, -0.05) is 6.92 Å². The molecule has 2 aliphatic heterocycles. The lowest BCUT2D eigenvalue weighted by atomic mass is 9.86. The molecule has 0 aromatic carbocycles. The summed E-state index contributed by atoms with van der Waals surface area (Å²) in [6, 6.07) is 0. The SMILES string of the molecule is CCC1NCC2(COC2)CO1. The van der Waals surface area contributed by atoms with E-state index in [4.69, 9.17) is 9.47 Å². The Morgan fingerprint density at radius 3 is 2.64 bits per heavy atom. The molecule has 1 atom stereocenters. The van der Waals surface area contributed by atoms with Crippen molar-refractivity contribution in [2.45, 2.75) is 19.6 Å². The molecule has 0 aromatic heterocycles. The van der Waals surface area contributed by atoms with E-state index in [9.17, 15) is 0 Å². The van der Waals surface area contributed by atoms with E-state index in [1.54, 1.807) is 0 Å². The summed E-state index contributed by atoms with van der Waals surface area (Å²) >= 11 is 0. The Morgan fingerprint density at radius 2 is 2.27 bits per heavy atom. The molecule has 2 rings (SSSR count). The van der Waals surface area contributed by atoms with Gasteiger partial charge in [0.1, 0.15) is 6.23 Å². The Hall–Kier alpha value is -0.120. The van der Waals surface area contributed by atoms with Gasteiger partial charge in [-0.3, -0.25) is 5.32 Å². The van der Waals surface area contributed by atoms with Crippen LogP contribution >= 0.6 is 0 Å². The summed E-state index contributed by atoms with van der Waals surface area (Å²) in [7, 11) is 0. The van der Waals surface area contributed by atoms with Crippen molar-refractivity contribution >= 4 is 0 Å². The molecule has 2 heterocycles. The van der Waals surface area contributed by atoms with Gasteiger partial charge in [0.2, 0.25) is 0 Å². The molecule has 11 heavy (non-hydrogen) atoms. The van der Waals surface area contributed by atoms with Crippen LogP contribution in [-0.2, 0) is 9.47 Å². The first-order chi connectivity index (χ1) is 5.35. The average molecular weight is 157 g/mol. The van der Waals surface area contributed by atoms with Crippen LogP contribution in [0.25, 0.3) is 0 Å². The third-order valence-electron chi connectivity index (χ3n) is 2.48. The molecule has 1 N–H and O–H groups in total. The maximum absolute atomic E-state index is 5.59. The lowest BCUT2D eigenvalue weighted by molar-refractivity contribution is -0.188. The van der Waals surface area contributed by atoms with Crippen LogP contribution in [0.4, 0.5) is 0 Å².